The Labute approximate surface area is 115 Å². The summed E-state index contributed by atoms with van der Waals surface area (Å²) in [6, 6.07) is 0. The van der Waals surface area contributed by atoms with Crippen molar-refractivity contribution in [3.8, 4) is 0 Å². The van der Waals surface area contributed by atoms with Crippen molar-refractivity contribution < 1.29 is 9.53 Å². The van der Waals surface area contributed by atoms with Crippen LogP contribution in [0.5, 0.6) is 0 Å². The zero-order valence-corrected chi connectivity index (χ0v) is 12.3. The average Bonchev–Trinajstić information content (AvgIpc) is 2.84. The SMILES string of the molecule is CCCCCCCCn1nnc(C(=O)OC)c1CC. The summed E-state index contributed by atoms with van der Waals surface area (Å²) in [6.07, 6.45) is 8.20. The molecule has 0 aliphatic heterocycles. The molecule has 1 aromatic rings. The Balaban J connectivity index is 2.45. The Hall–Kier alpha value is -1.39. The van der Waals surface area contributed by atoms with Crippen LogP contribution in [0.3, 0.4) is 0 Å². The van der Waals surface area contributed by atoms with Crippen molar-refractivity contribution >= 4 is 5.97 Å². The van der Waals surface area contributed by atoms with Gasteiger partial charge in [-0.2, -0.15) is 0 Å². The van der Waals surface area contributed by atoms with Crippen LogP contribution in [0.4, 0.5) is 0 Å². The molecule has 1 heterocycles. The highest BCUT2D eigenvalue weighted by Crippen LogP contribution is 2.11. The van der Waals surface area contributed by atoms with E-state index in [4.69, 9.17) is 4.74 Å². The normalized spacial score (nSPS) is 10.7. The molecule has 0 aliphatic rings. The number of rotatable bonds is 9. The molecule has 1 aromatic heterocycles. The Morgan fingerprint density at radius 1 is 1.16 bits per heavy atom. The molecule has 5 nitrogen and oxygen atoms in total. The van der Waals surface area contributed by atoms with Gasteiger partial charge in [0.2, 0.25) is 0 Å². The summed E-state index contributed by atoms with van der Waals surface area (Å²) in [4.78, 5) is 11.5. The lowest BCUT2D eigenvalue weighted by Crippen LogP contribution is -2.09. The minimum atomic E-state index is -0.397. The third-order valence-electron chi connectivity index (χ3n) is 3.27. The third kappa shape index (κ3) is 4.65. The number of carbonyl (C=O) groups is 1. The first-order chi connectivity index (χ1) is 9.24. The molecular formula is C14H25N3O2. The minimum Gasteiger partial charge on any atom is -0.464 e. The minimum absolute atomic E-state index is 0.357. The van der Waals surface area contributed by atoms with Crippen molar-refractivity contribution in [2.75, 3.05) is 7.11 Å². The first-order valence-electron chi connectivity index (χ1n) is 7.25. The molecule has 0 aliphatic carbocycles. The topological polar surface area (TPSA) is 57.0 Å². The van der Waals surface area contributed by atoms with Crippen molar-refractivity contribution in [3.63, 3.8) is 0 Å². The smallest absolute Gasteiger partial charge is 0.360 e. The van der Waals surface area contributed by atoms with Crippen molar-refractivity contribution in [1.82, 2.24) is 15.0 Å². The van der Waals surface area contributed by atoms with Gasteiger partial charge in [0.05, 0.1) is 12.8 Å². The molecule has 0 atom stereocenters. The number of hydrogen-bond acceptors (Lipinski definition) is 4. The molecule has 19 heavy (non-hydrogen) atoms. The number of esters is 1. The molecule has 0 fully saturated rings. The summed E-state index contributed by atoms with van der Waals surface area (Å²) in [7, 11) is 1.37. The van der Waals surface area contributed by atoms with Crippen LogP contribution in [-0.4, -0.2) is 28.1 Å². The third-order valence-corrected chi connectivity index (χ3v) is 3.27. The zero-order chi connectivity index (χ0) is 14.1. The van der Waals surface area contributed by atoms with Gasteiger partial charge >= 0.3 is 5.97 Å². The van der Waals surface area contributed by atoms with E-state index >= 15 is 0 Å². The van der Waals surface area contributed by atoms with Crippen molar-refractivity contribution in [2.45, 2.75) is 65.3 Å². The maximum absolute atomic E-state index is 11.5. The number of carbonyl (C=O) groups excluding carboxylic acids is 1. The molecule has 1 rings (SSSR count). The molecule has 0 bridgehead atoms. The second-order valence-electron chi connectivity index (χ2n) is 4.72. The van der Waals surface area contributed by atoms with E-state index in [1.165, 1.54) is 39.2 Å². The van der Waals surface area contributed by atoms with Crippen molar-refractivity contribution in [2.24, 2.45) is 0 Å². The largest absolute Gasteiger partial charge is 0.464 e. The number of unbranched alkanes of at least 4 members (excludes halogenated alkanes) is 5. The van der Waals surface area contributed by atoms with E-state index < -0.39 is 5.97 Å². The predicted molar refractivity (Wildman–Crippen MR) is 74.1 cm³/mol. The Morgan fingerprint density at radius 3 is 2.47 bits per heavy atom. The predicted octanol–water partition coefficient (Wildman–Crippen LogP) is 2.99. The maximum atomic E-state index is 11.5. The van der Waals surface area contributed by atoms with Crippen LogP contribution in [0.1, 0.15) is 68.6 Å². The van der Waals surface area contributed by atoms with Gasteiger partial charge in [0.1, 0.15) is 0 Å². The van der Waals surface area contributed by atoms with Crippen molar-refractivity contribution in [1.29, 1.82) is 0 Å². The first-order valence-corrected chi connectivity index (χ1v) is 7.25. The highest BCUT2D eigenvalue weighted by molar-refractivity contribution is 5.88. The number of hydrogen-bond donors (Lipinski definition) is 0. The lowest BCUT2D eigenvalue weighted by Gasteiger charge is -2.05. The summed E-state index contributed by atoms with van der Waals surface area (Å²) in [5, 5.41) is 7.98. The summed E-state index contributed by atoms with van der Waals surface area (Å²) in [5.41, 5.74) is 1.23. The highest BCUT2D eigenvalue weighted by atomic mass is 16.5. The molecule has 0 spiro atoms. The first kappa shape index (κ1) is 15.7. The number of aryl methyl sites for hydroxylation is 1. The van der Waals surface area contributed by atoms with Gasteiger partial charge in [-0.25, -0.2) is 9.48 Å². The van der Waals surface area contributed by atoms with Gasteiger partial charge in [0.15, 0.2) is 5.69 Å². The van der Waals surface area contributed by atoms with Crippen LogP contribution >= 0.6 is 0 Å². The maximum Gasteiger partial charge on any atom is 0.360 e. The van der Waals surface area contributed by atoms with E-state index in [-0.39, 0.29) is 0 Å². The second-order valence-corrected chi connectivity index (χ2v) is 4.72. The Morgan fingerprint density at radius 2 is 1.84 bits per heavy atom. The van der Waals surface area contributed by atoms with E-state index in [2.05, 4.69) is 17.2 Å². The van der Waals surface area contributed by atoms with Crippen LogP contribution < -0.4 is 0 Å². The van der Waals surface area contributed by atoms with Gasteiger partial charge in [0.25, 0.3) is 0 Å². The van der Waals surface area contributed by atoms with Crippen LogP contribution in [0, 0.1) is 0 Å². The van der Waals surface area contributed by atoms with Gasteiger partial charge in [-0.1, -0.05) is 51.2 Å². The van der Waals surface area contributed by atoms with E-state index in [1.807, 2.05) is 11.6 Å². The van der Waals surface area contributed by atoms with Crippen LogP contribution in [0.2, 0.25) is 0 Å². The zero-order valence-electron chi connectivity index (χ0n) is 12.3. The van der Waals surface area contributed by atoms with Crippen LogP contribution in [0.25, 0.3) is 0 Å². The van der Waals surface area contributed by atoms with E-state index in [9.17, 15) is 4.79 Å². The molecule has 0 saturated heterocycles. The fourth-order valence-corrected chi connectivity index (χ4v) is 2.16. The highest BCUT2D eigenvalue weighted by Gasteiger charge is 2.18. The lowest BCUT2D eigenvalue weighted by molar-refractivity contribution is 0.0592. The number of aromatic nitrogens is 3. The number of methoxy groups -OCH3 is 1. The van der Waals surface area contributed by atoms with Crippen LogP contribution in [0.15, 0.2) is 0 Å². The molecule has 0 aromatic carbocycles. The van der Waals surface area contributed by atoms with E-state index in [1.54, 1.807) is 0 Å². The van der Waals surface area contributed by atoms with E-state index in [0.717, 1.165) is 25.1 Å². The number of nitrogens with zero attached hydrogens (tertiary/aromatic N) is 3. The monoisotopic (exact) mass is 267 g/mol. The summed E-state index contributed by atoms with van der Waals surface area (Å²) >= 11 is 0. The molecular weight excluding hydrogens is 242 g/mol. The average molecular weight is 267 g/mol. The molecule has 0 N–H and O–H groups in total. The molecule has 0 unspecified atom stereocenters. The van der Waals surface area contributed by atoms with Gasteiger partial charge < -0.3 is 4.74 Å². The van der Waals surface area contributed by atoms with Crippen molar-refractivity contribution in [3.05, 3.63) is 11.4 Å². The Bertz CT molecular complexity index is 388. The summed E-state index contributed by atoms with van der Waals surface area (Å²) in [6.45, 7) is 5.06. The molecule has 5 heteroatoms. The number of ether oxygens (including phenoxy) is 1. The van der Waals surface area contributed by atoms with Gasteiger partial charge in [0, 0.05) is 6.54 Å². The standard InChI is InChI=1S/C14H25N3O2/c1-4-6-7-8-9-10-11-17-12(5-2)13(15-16-17)14(18)19-3/h4-11H2,1-3H3. The van der Waals surface area contributed by atoms with E-state index in [0.29, 0.717) is 5.69 Å². The molecule has 0 amide bonds. The second kappa shape index (κ2) is 8.67. The molecule has 108 valence electrons. The Kier molecular flexibility index (Phi) is 7.15. The van der Waals surface area contributed by atoms with Crippen LogP contribution in [-0.2, 0) is 17.7 Å². The fraction of sp³-hybridized carbons (Fsp3) is 0.786. The molecule has 0 saturated carbocycles. The summed E-state index contributed by atoms with van der Waals surface area (Å²) in [5.74, 6) is -0.397. The lowest BCUT2D eigenvalue weighted by atomic mass is 10.1. The summed E-state index contributed by atoms with van der Waals surface area (Å²) < 4.78 is 6.55. The van der Waals surface area contributed by atoms with Gasteiger partial charge in [-0.05, 0) is 12.8 Å². The van der Waals surface area contributed by atoms with Gasteiger partial charge in [-0.15, -0.1) is 5.10 Å². The quantitative estimate of drug-likeness (QED) is 0.510. The molecule has 0 radical (unpaired) electrons. The fourth-order valence-electron chi connectivity index (χ4n) is 2.16. The van der Waals surface area contributed by atoms with Gasteiger partial charge in [-0.3, -0.25) is 0 Å².